The molecule has 0 amide bonds. The number of hydrogen-bond acceptors (Lipinski definition) is 2. The van der Waals surface area contributed by atoms with Gasteiger partial charge < -0.3 is 5.11 Å². The van der Waals surface area contributed by atoms with Crippen molar-refractivity contribution in [3.63, 3.8) is 0 Å². The van der Waals surface area contributed by atoms with Gasteiger partial charge in [0, 0.05) is 24.4 Å². The van der Waals surface area contributed by atoms with Gasteiger partial charge in [-0.25, -0.2) is 0 Å². The summed E-state index contributed by atoms with van der Waals surface area (Å²) in [7, 11) is 0. The van der Waals surface area contributed by atoms with Gasteiger partial charge in [-0.2, -0.15) is 0 Å². The molecule has 0 radical (unpaired) electrons. The van der Waals surface area contributed by atoms with E-state index in [0.717, 1.165) is 5.56 Å². The van der Waals surface area contributed by atoms with Gasteiger partial charge in [0.1, 0.15) is 0 Å². The van der Waals surface area contributed by atoms with Gasteiger partial charge in [0.25, 0.3) is 0 Å². The minimum atomic E-state index is 0.0791. The van der Waals surface area contributed by atoms with E-state index in [9.17, 15) is 0 Å². The second-order valence-corrected chi connectivity index (χ2v) is 2.54. The molecule has 1 heterocycles. The average Bonchev–Trinajstić information content (AvgIpc) is 2.09. The van der Waals surface area contributed by atoms with Crippen LogP contribution in [0.4, 0.5) is 0 Å². The minimum absolute atomic E-state index is 0.0791. The van der Waals surface area contributed by atoms with E-state index in [0.29, 0.717) is 11.4 Å². The Morgan fingerprint density at radius 2 is 2.42 bits per heavy atom. The Bertz CT molecular complexity index is 314. The van der Waals surface area contributed by atoms with Gasteiger partial charge in [-0.05, 0) is 6.07 Å². The van der Waals surface area contributed by atoms with Crippen LogP contribution in [0.15, 0.2) is 18.5 Å². The molecule has 0 bridgehead atoms. The molecule has 0 unspecified atom stereocenters. The third-order valence-corrected chi connectivity index (χ3v) is 1.53. The Balaban J connectivity index is 2.77. The predicted molar refractivity (Wildman–Crippen MR) is 47.8 cm³/mol. The molecule has 0 fully saturated rings. The molecular formula is C9H8ClNO. The smallest absolute Gasteiger partial charge is 0.0745 e. The quantitative estimate of drug-likeness (QED) is 0.666. The highest BCUT2D eigenvalue weighted by atomic mass is 35.5. The maximum absolute atomic E-state index is 8.47. The van der Waals surface area contributed by atoms with Gasteiger partial charge in [0.05, 0.1) is 11.6 Å². The molecule has 0 aromatic carbocycles. The van der Waals surface area contributed by atoms with Crippen molar-refractivity contribution in [2.45, 2.75) is 6.42 Å². The number of halogens is 1. The largest absolute Gasteiger partial charge is 0.395 e. The molecule has 1 aromatic heterocycles. The lowest BCUT2D eigenvalue weighted by molar-refractivity contribution is 0.305. The van der Waals surface area contributed by atoms with Gasteiger partial charge in [0.15, 0.2) is 0 Å². The van der Waals surface area contributed by atoms with Crippen LogP contribution in [-0.2, 0) is 0 Å². The van der Waals surface area contributed by atoms with E-state index in [1.165, 1.54) is 0 Å². The highest BCUT2D eigenvalue weighted by Gasteiger charge is 1.92. The summed E-state index contributed by atoms with van der Waals surface area (Å²) in [5.41, 5.74) is 0.750. The molecule has 12 heavy (non-hydrogen) atoms. The fraction of sp³-hybridized carbons (Fsp3) is 0.222. The van der Waals surface area contributed by atoms with Gasteiger partial charge in [-0.3, -0.25) is 4.98 Å². The standard InChI is InChI=1S/C9H8ClNO/c10-9-7-11-5-4-8(9)3-1-2-6-12/h4-5,7,12H,2,6H2. The Kier molecular flexibility index (Phi) is 3.59. The van der Waals surface area contributed by atoms with E-state index in [1.807, 2.05) is 0 Å². The lowest BCUT2D eigenvalue weighted by atomic mass is 10.2. The maximum Gasteiger partial charge on any atom is 0.0745 e. The average molecular weight is 182 g/mol. The van der Waals surface area contributed by atoms with Crippen molar-refractivity contribution in [3.05, 3.63) is 29.0 Å². The van der Waals surface area contributed by atoms with Gasteiger partial charge in [-0.15, -0.1) is 0 Å². The fourth-order valence-corrected chi connectivity index (χ4v) is 0.857. The summed E-state index contributed by atoms with van der Waals surface area (Å²) in [6.07, 6.45) is 3.65. The summed E-state index contributed by atoms with van der Waals surface area (Å²) >= 11 is 5.78. The first-order chi connectivity index (χ1) is 5.84. The van der Waals surface area contributed by atoms with Crippen LogP contribution in [0.1, 0.15) is 12.0 Å². The van der Waals surface area contributed by atoms with Crippen molar-refractivity contribution in [1.29, 1.82) is 0 Å². The van der Waals surface area contributed by atoms with Crippen molar-refractivity contribution in [2.75, 3.05) is 6.61 Å². The molecule has 0 saturated heterocycles. The van der Waals surface area contributed by atoms with E-state index in [4.69, 9.17) is 16.7 Å². The molecule has 3 heteroatoms. The zero-order valence-electron chi connectivity index (χ0n) is 6.42. The summed E-state index contributed by atoms with van der Waals surface area (Å²) in [4.78, 5) is 3.82. The number of pyridine rings is 1. The monoisotopic (exact) mass is 181 g/mol. The van der Waals surface area contributed by atoms with Crippen molar-refractivity contribution in [1.82, 2.24) is 4.98 Å². The number of rotatable bonds is 1. The van der Waals surface area contributed by atoms with Crippen LogP contribution in [0.25, 0.3) is 0 Å². The normalized spacial score (nSPS) is 8.83. The van der Waals surface area contributed by atoms with E-state index < -0.39 is 0 Å². The van der Waals surface area contributed by atoms with E-state index in [2.05, 4.69) is 16.8 Å². The van der Waals surface area contributed by atoms with E-state index >= 15 is 0 Å². The maximum atomic E-state index is 8.47. The van der Waals surface area contributed by atoms with Crippen molar-refractivity contribution in [3.8, 4) is 11.8 Å². The van der Waals surface area contributed by atoms with Gasteiger partial charge in [-0.1, -0.05) is 23.4 Å². The third kappa shape index (κ3) is 2.54. The molecule has 1 rings (SSSR count). The van der Waals surface area contributed by atoms with Crippen LogP contribution in [0.5, 0.6) is 0 Å². The highest BCUT2D eigenvalue weighted by Crippen LogP contribution is 2.11. The second-order valence-electron chi connectivity index (χ2n) is 2.13. The molecular weight excluding hydrogens is 174 g/mol. The summed E-state index contributed by atoms with van der Waals surface area (Å²) < 4.78 is 0. The third-order valence-electron chi connectivity index (χ3n) is 1.23. The van der Waals surface area contributed by atoms with Gasteiger partial charge >= 0.3 is 0 Å². The van der Waals surface area contributed by atoms with Crippen LogP contribution in [0.2, 0.25) is 5.02 Å². The molecule has 2 nitrogen and oxygen atoms in total. The first-order valence-electron chi connectivity index (χ1n) is 3.54. The molecule has 62 valence electrons. The van der Waals surface area contributed by atoms with Crippen molar-refractivity contribution < 1.29 is 5.11 Å². The number of nitrogens with zero attached hydrogens (tertiary/aromatic N) is 1. The van der Waals surface area contributed by atoms with Crippen LogP contribution in [0.3, 0.4) is 0 Å². The Morgan fingerprint density at radius 1 is 1.58 bits per heavy atom. The Labute approximate surface area is 76.2 Å². The molecule has 0 spiro atoms. The fourth-order valence-electron chi connectivity index (χ4n) is 0.690. The second kappa shape index (κ2) is 4.76. The van der Waals surface area contributed by atoms with Crippen LogP contribution < -0.4 is 0 Å². The van der Waals surface area contributed by atoms with E-state index in [1.54, 1.807) is 18.5 Å². The first kappa shape index (κ1) is 9.05. The number of aromatic nitrogens is 1. The zero-order chi connectivity index (χ0) is 8.81. The van der Waals surface area contributed by atoms with E-state index in [-0.39, 0.29) is 6.61 Å². The SMILES string of the molecule is OCCC#Cc1ccncc1Cl. The number of hydrogen-bond donors (Lipinski definition) is 1. The molecule has 0 aliphatic rings. The van der Waals surface area contributed by atoms with Crippen molar-refractivity contribution >= 4 is 11.6 Å². The van der Waals surface area contributed by atoms with Gasteiger partial charge in [0.2, 0.25) is 0 Å². The lowest BCUT2D eigenvalue weighted by Gasteiger charge is -1.91. The summed E-state index contributed by atoms with van der Waals surface area (Å²) in [6.45, 7) is 0.0791. The van der Waals surface area contributed by atoms with Crippen molar-refractivity contribution in [2.24, 2.45) is 0 Å². The lowest BCUT2D eigenvalue weighted by Crippen LogP contribution is -1.80. The molecule has 0 aliphatic carbocycles. The predicted octanol–water partition coefficient (Wildman–Crippen LogP) is 1.47. The highest BCUT2D eigenvalue weighted by molar-refractivity contribution is 6.31. The number of aliphatic hydroxyl groups is 1. The number of aliphatic hydroxyl groups excluding tert-OH is 1. The molecule has 0 aliphatic heterocycles. The Hall–Kier alpha value is -1.04. The van der Waals surface area contributed by atoms with Crippen LogP contribution >= 0.6 is 11.6 Å². The Morgan fingerprint density at radius 3 is 3.08 bits per heavy atom. The topological polar surface area (TPSA) is 33.1 Å². The molecule has 1 N–H and O–H groups in total. The summed E-state index contributed by atoms with van der Waals surface area (Å²) in [5, 5.41) is 9.01. The first-order valence-corrected chi connectivity index (χ1v) is 3.91. The summed E-state index contributed by atoms with van der Waals surface area (Å²) in [6, 6.07) is 1.74. The minimum Gasteiger partial charge on any atom is -0.395 e. The molecule has 0 saturated carbocycles. The van der Waals surface area contributed by atoms with Crippen LogP contribution in [0, 0.1) is 11.8 Å². The zero-order valence-corrected chi connectivity index (χ0v) is 7.17. The molecule has 0 atom stereocenters. The summed E-state index contributed by atoms with van der Waals surface area (Å²) in [5.74, 6) is 5.61. The van der Waals surface area contributed by atoms with Crippen LogP contribution in [-0.4, -0.2) is 16.7 Å². The molecule has 1 aromatic rings.